The molecule has 8 heteroatoms. The van der Waals surface area contributed by atoms with Gasteiger partial charge < -0.3 is 9.47 Å². The Hall–Kier alpha value is -2.97. The number of sulfonamides is 1. The van der Waals surface area contributed by atoms with Crippen LogP contribution in [0.25, 0.3) is 5.69 Å². The quantitative estimate of drug-likeness (QED) is 0.677. The van der Waals surface area contributed by atoms with E-state index >= 15 is 0 Å². The van der Waals surface area contributed by atoms with Gasteiger partial charge in [-0.2, -0.15) is 0 Å². The summed E-state index contributed by atoms with van der Waals surface area (Å²) in [6.07, 6.45) is 6.63. The second kappa shape index (κ2) is 7.81. The third-order valence-corrected chi connectivity index (χ3v) is 6.62. The highest BCUT2D eigenvalue weighted by Gasteiger charge is 2.23. The van der Waals surface area contributed by atoms with E-state index in [-0.39, 0.29) is 10.8 Å². The molecular formula is C21H22N4O3S. The maximum Gasteiger partial charge on any atom is 0.241 e. The maximum absolute atomic E-state index is 12.8. The molecule has 1 atom stereocenters. The highest BCUT2D eigenvalue weighted by Crippen LogP contribution is 2.24. The Balaban J connectivity index is 1.47. The molecule has 4 rings (SSSR count). The molecule has 1 saturated heterocycles. The number of anilines is 1. The summed E-state index contributed by atoms with van der Waals surface area (Å²) >= 11 is 0. The van der Waals surface area contributed by atoms with Gasteiger partial charge in [-0.05, 0) is 55.3 Å². The van der Waals surface area contributed by atoms with Crippen LogP contribution in [0.15, 0.2) is 72.1 Å². The molecule has 1 amide bonds. The highest BCUT2D eigenvalue weighted by atomic mass is 32.2. The van der Waals surface area contributed by atoms with Crippen LogP contribution in [0.4, 0.5) is 5.69 Å². The van der Waals surface area contributed by atoms with Gasteiger partial charge in [0.25, 0.3) is 0 Å². The van der Waals surface area contributed by atoms with Crippen LogP contribution in [0.3, 0.4) is 0 Å². The Labute approximate surface area is 170 Å². The Morgan fingerprint density at radius 3 is 2.31 bits per heavy atom. The Morgan fingerprint density at radius 2 is 1.72 bits per heavy atom. The third kappa shape index (κ3) is 4.08. The van der Waals surface area contributed by atoms with Crippen LogP contribution in [-0.2, 0) is 14.8 Å². The lowest BCUT2D eigenvalue weighted by Crippen LogP contribution is -2.27. The van der Waals surface area contributed by atoms with Crippen LogP contribution in [0.5, 0.6) is 0 Å². The van der Waals surface area contributed by atoms with E-state index in [2.05, 4.69) is 9.71 Å². The summed E-state index contributed by atoms with van der Waals surface area (Å²) in [4.78, 5) is 17.7. The van der Waals surface area contributed by atoms with Crippen molar-refractivity contribution in [3.05, 3.63) is 72.8 Å². The standard InChI is InChI=1S/C21H22N4O3S/c1-16(17-4-6-18(7-5-17)24-14-12-22-15-24)23-29(27,28)20-10-8-19(9-11-20)25-13-2-3-21(25)26/h4-12,14-16,23H,2-3,13H2,1H3/t16-/m1/s1. The monoisotopic (exact) mass is 410 g/mol. The number of aromatic nitrogens is 2. The molecule has 3 aromatic rings. The summed E-state index contributed by atoms with van der Waals surface area (Å²) in [5, 5.41) is 0. The van der Waals surface area contributed by atoms with Gasteiger partial charge in [-0.3, -0.25) is 4.79 Å². The Kier molecular flexibility index (Phi) is 5.21. The minimum atomic E-state index is -3.68. The Morgan fingerprint density at radius 1 is 1.03 bits per heavy atom. The first kappa shape index (κ1) is 19.4. The van der Waals surface area contributed by atoms with Crippen LogP contribution >= 0.6 is 0 Å². The van der Waals surface area contributed by atoms with Crippen molar-refractivity contribution in [2.75, 3.05) is 11.4 Å². The van der Waals surface area contributed by atoms with Crippen LogP contribution in [0.2, 0.25) is 0 Å². The van der Waals surface area contributed by atoms with Gasteiger partial charge in [-0.1, -0.05) is 12.1 Å². The average molecular weight is 410 g/mol. The summed E-state index contributed by atoms with van der Waals surface area (Å²) in [6.45, 7) is 2.48. The predicted octanol–water partition coefficient (Wildman–Crippen LogP) is 3.04. The molecule has 0 radical (unpaired) electrons. The fraction of sp³-hybridized carbons (Fsp3) is 0.238. The molecule has 0 saturated carbocycles. The Bertz CT molecular complexity index is 1090. The number of imidazole rings is 1. The number of carbonyl (C=O) groups is 1. The van der Waals surface area contributed by atoms with E-state index in [4.69, 9.17) is 0 Å². The lowest BCUT2D eigenvalue weighted by atomic mass is 10.1. The van der Waals surface area contributed by atoms with Gasteiger partial charge in [0.05, 0.1) is 11.2 Å². The molecule has 29 heavy (non-hydrogen) atoms. The number of nitrogens with one attached hydrogen (secondary N) is 1. The van der Waals surface area contributed by atoms with Crippen molar-refractivity contribution in [3.8, 4) is 5.69 Å². The molecule has 1 N–H and O–H groups in total. The van der Waals surface area contributed by atoms with Crippen LogP contribution in [0, 0.1) is 0 Å². The first-order valence-corrected chi connectivity index (χ1v) is 10.9. The van der Waals surface area contributed by atoms with Gasteiger partial charge in [0, 0.05) is 42.8 Å². The second-order valence-electron chi connectivity index (χ2n) is 7.05. The molecule has 0 bridgehead atoms. The normalized spacial score (nSPS) is 15.6. The summed E-state index contributed by atoms with van der Waals surface area (Å²) in [6, 6.07) is 13.7. The molecule has 2 heterocycles. The molecule has 0 aliphatic carbocycles. The number of hydrogen-bond acceptors (Lipinski definition) is 4. The van der Waals surface area contributed by atoms with Crippen LogP contribution in [-0.4, -0.2) is 30.4 Å². The number of nitrogens with zero attached hydrogens (tertiary/aromatic N) is 3. The van der Waals surface area contributed by atoms with Crippen molar-refractivity contribution >= 4 is 21.6 Å². The van der Waals surface area contributed by atoms with E-state index in [1.807, 2.05) is 35.0 Å². The van der Waals surface area contributed by atoms with Crippen molar-refractivity contribution < 1.29 is 13.2 Å². The summed E-state index contributed by atoms with van der Waals surface area (Å²) < 4.78 is 30.1. The van der Waals surface area contributed by atoms with E-state index in [0.717, 1.165) is 23.4 Å². The summed E-state index contributed by atoms with van der Waals surface area (Å²) in [7, 11) is -3.68. The molecule has 1 fully saturated rings. The molecule has 2 aromatic carbocycles. The van der Waals surface area contributed by atoms with Gasteiger partial charge in [-0.25, -0.2) is 18.1 Å². The zero-order chi connectivity index (χ0) is 20.4. The lowest BCUT2D eigenvalue weighted by Gasteiger charge is -2.17. The lowest BCUT2D eigenvalue weighted by molar-refractivity contribution is -0.117. The molecule has 1 aliphatic heterocycles. The third-order valence-electron chi connectivity index (χ3n) is 5.06. The topological polar surface area (TPSA) is 84.3 Å². The molecule has 1 aromatic heterocycles. The largest absolute Gasteiger partial charge is 0.312 e. The fourth-order valence-corrected chi connectivity index (χ4v) is 4.67. The molecule has 0 spiro atoms. The molecule has 0 unspecified atom stereocenters. The molecule has 1 aliphatic rings. The van der Waals surface area contributed by atoms with Crippen molar-refractivity contribution in [2.24, 2.45) is 0 Å². The van der Waals surface area contributed by atoms with Gasteiger partial charge in [0.2, 0.25) is 15.9 Å². The van der Waals surface area contributed by atoms with E-state index in [1.54, 1.807) is 36.5 Å². The second-order valence-corrected chi connectivity index (χ2v) is 8.76. The first-order valence-electron chi connectivity index (χ1n) is 9.45. The van der Waals surface area contributed by atoms with E-state index < -0.39 is 16.1 Å². The maximum atomic E-state index is 12.8. The van der Waals surface area contributed by atoms with Crippen molar-refractivity contribution in [1.82, 2.24) is 14.3 Å². The number of rotatable bonds is 6. The molecule has 7 nitrogen and oxygen atoms in total. The summed E-state index contributed by atoms with van der Waals surface area (Å²) in [5.41, 5.74) is 2.54. The highest BCUT2D eigenvalue weighted by molar-refractivity contribution is 7.89. The predicted molar refractivity (Wildman–Crippen MR) is 110 cm³/mol. The van der Waals surface area contributed by atoms with E-state index in [0.29, 0.717) is 13.0 Å². The number of benzene rings is 2. The number of carbonyl (C=O) groups excluding carboxylic acids is 1. The van der Waals surface area contributed by atoms with E-state index in [9.17, 15) is 13.2 Å². The van der Waals surface area contributed by atoms with Crippen molar-refractivity contribution in [1.29, 1.82) is 0 Å². The molecular weight excluding hydrogens is 388 g/mol. The first-order chi connectivity index (χ1) is 13.9. The SMILES string of the molecule is C[C@@H](NS(=O)(=O)c1ccc(N2CCCC2=O)cc1)c1ccc(-n2ccnc2)cc1. The number of amides is 1. The fourth-order valence-electron chi connectivity index (χ4n) is 3.44. The smallest absolute Gasteiger partial charge is 0.241 e. The van der Waals surface area contributed by atoms with Crippen molar-refractivity contribution in [2.45, 2.75) is 30.7 Å². The van der Waals surface area contributed by atoms with Crippen molar-refractivity contribution in [3.63, 3.8) is 0 Å². The van der Waals surface area contributed by atoms with E-state index in [1.165, 1.54) is 12.1 Å². The van der Waals surface area contributed by atoms with Crippen LogP contribution in [0.1, 0.15) is 31.4 Å². The van der Waals surface area contributed by atoms with Gasteiger partial charge in [0.15, 0.2) is 0 Å². The summed E-state index contributed by atoms with van der Waals surface area (Å²) in [5.74, 6) is 0.0755. The minimum absolute atomic E-state index is 0.0755. The molecule has 150 valence electrons. The van der Waals surface area contributed by atoms with Gasteiger partial charge in [0.1, 0.15) is 0 Å². The van der Waals surface area contributed by atoms with Crippen LogP contribution < -0.4 is 9.62 Å². The zero-order valence-corrected chi connectivity index (χ0v) is 16.8. The van der Waals surface area contributed by atoms with Gasteiger partial charge >= 0.3 is 0 Å². The zero-order valence-electron chi connectivity index (χ0n) is 16.0. The number of hydrogen-bond donors (Lipinski definition) is 1. The average Bonchev–Trinajstić information content (AvgIpc) is 3.40. The van der Waals surface area contributed by atoms with Gasteiger partial charge in [-0.15, -0.1) is 0 Å². The minimum Gasteiger partial charge on any atom is -0.312 e.